The van der Waals surface area contributed by atoms with Crippen LogP contribution in [0.3, 0.4) is 0 Å². The quantitative estimate of drug-likeness (QED) is 0.298. The van der Waals surface area contributed by atoms with Crippen molar-refractivity contribution in [3.05, 3.63) is 36.0 Å². The second-order valence-corrected chi connectivity index (χ2v) is 10.8. The SMILES string of the molecule is CCCCSCCCN1CC[C@@H](CCCc2ccnc3ccc(OC)cc23)[C@@H](CCC(=O)O)C1. The number of hydrogen-bond acceptors (Lipinski definition) is 5. The van der Waals surface area contributed by atoms with E-state index in [2.05, 4.69) is 40.7 Å². The molecule has 0 saturated carbocycles. The summed E-state index contributed by atoms with van der Waals surface area (Å²) in [5.74, 6) is 3.83. The van der Waals surface area contributed by atoms with Crippen molar-refractivity contribution in [1.82, 2.24) is 9.88 Å². The Morgan fingerprint density at radius 1 is 1.18 bits per heavy atom. The van der Waals surface area contributed by atoms with Crippen LogP contribution in [0.2, 0.25) is 0 Å². The van der Waals surface area contributed by atoms with Crippen LogP contribution in [0.5, 0.6) is 5.75 Å². The Morgan fingerprint density at radius 2 is 2.03 bits per heavy atom. The molecule has 188 valence electrons. The summed E-state index contributed by atoms with van der Waals surface area (Å²) in [6, 6.07) is 8.21. The van der Waals surface area contributed by atoms with Crippen LogP contribution in [0.25, 0.3) is 10.9 Å². The van der Waals surface area contributed by atoms with E-state index in [-0.39, 0.29) is 6.42 Å². The van der Waals surface area contributed by atoms with Crippen LogP contribution in [0, 0.1) is 11.8 Å². The first-order valence-electron chi connectivity index (χ1n) is 13.0. The van der Waals surface area contributed by atoms with E-state index in [1.807, 2.05) is 18.3 Å². The van der Waals surface area contributed by atoms with Gasteiger partial charge in [0.15, 0.2) is 0 Å². The maximum atomic E-state index is 11.3. The van der Waals surface area contributed by atoms with Gasteiger partial charge in [-0.05, 0) is 111 Å². The summed E-state index contributed by atoms with van der Waals surface area (Å²) < 4.78 is 5.42. The predicted octanol–water partition coefficient (Wildman–Crippen LogP) is 6.29. The molecular formula is C28H42N2O3S. The van der Waals surface area contributed by atoms with E-state index in [0.717, 1.165) is 50.2 Å². The molecular weight excluding hydrogens is 444 g/mol. The number of thioether (sulfide) groups is 1. The highest BCUT2D eigenvalue weighted by atomic mass is 32.2. The first kappa shape index (κ1) is 26.8. The zero-order chi connectivity index (χ0) is 24.2. The molecule has 6 heteroatoms. The largest absolute Gasteiger partial charge is 0.497 e. The Bertz CT molecular complexity index is 891. The standard InChI is InChI=1S/C28H42N2O3S/c1-3-4-18-34-19-6-16-30-17-14-22(24(21-30)9-12-28(31)32)7-5-8-23-13-15-29-27-11-10-25(33-2)20-26(23)27/h10-11,13,15,20,22,24H,3-9,12,14,16-19,21H2,1-2H3,(H,31,32)/t22-,24+/m1/s1. The average Bonchev–Trinajstić information content (AvgIpc) is 2.85. The predicted molar refractivity (Wildman–Crippen MR) is 143 cm³/mol. The molecule has 1 aromatic heterocycles. The van der Waals surface area contributed by atoms with E-state index in [4.69, 9.17) is 4.74 Å². The van der Waals surface area contributed by atoms with Crippen molar-refractivity contribution in [2.45, 2.75) is 64.7 Å². The summed E-state index contributed by atoms with van der Waals surface area (Å²) in [5.41, 5.74) is 2.34. The number of hydrogen-bond donors (Lipinski definition) is 1. The molecule has 1 aromatic carbocycles. The van der Waals surface area contributed by atoms with Gasteiger partial charge in [0, 0.05) is 24.5 Å². The van der Waals surface area contributed by atoms with Crippen LogP contribution >= 0.6 is 11.8 Å². The van der Waals surface area contributed by atoms with Gasteiger partial charge in [0.1, 0.15) is 5.75 Å². The van der Waals surface area contributed by atoms with Crippen molar-refractivity contribution < 1.29 is 14.6 Å². The number of ether oxygens (including phenoxy) is 1. The third-order valence-electron chi connectivity index (χ3n) is 7.17. The molecule has 1 aliphatic rings. The number of piperidine rings is 1. The number of nitrogens with zero attached hydrogens (tertiary/aromatic N) is 2. The van der Waals surface area contributed by atoms with Gasteiger partial charge in [-0.1, -0.05) is 13.3 Å². The number of pyridine rings is 1. The summed E-state index contributed by atoms with van der Waals surface area (Å²) in [6.07, 6.45) is 11.3. The minimum absolute atomic E-state index is 0.288. The molecule has 0 aliphatic carbocycles. The zero-order valence-corrected chi connectivity index (χ0v) is 21.8. The van der Waals surface area contributed by atoms with E-state index in [1.165, 1.54) is 54.6 Å². The highest BCUT2D eigenvalue weighted by Crippen LogP contribution is 2.32. The number of benzene rings is 1. The third kappa shape index (κ3) is 8.46. The summed E-state index contributed by atoms with van der Waals surface area (Å²) in [5, 5.41) is 10.5. The van der Waals surface area contributed by atoms with Crippen LogP contribution in [-0.2, 0) is 11.2 Å². The highest BCUT2D eigenvalue weighted by molar-refractivity contribution is 7.99. The number of aliphatic carboxylic acids is 1. The second-order valence-electron chi connectivity index (χ2n) is 9.61. The van der Waals surface area contributed by atoms with Gasteiger partial charge < -0.3 is 14.7 Å². The normalized spacial score (nSPS) is 18.9. The van der Waals surface area contributed by atoms with E-state index in [1.54, 1.807) is 7.11 Å². The van der Waals surface area contributed by atoms with Gasteiger partial charge >= 0.3 is 5.97 Å². The molecule has 2 aromatic rings. The molecule has 34 heavy (non-hydrogen) atoms. The maximum Gasteiger partial charge on any atom is 0.303 e. The zero-order valence-electron chi connectivity index (χ0n) is 21.0. The Kier molecular flexibility index (Phi) is 11.5. The number of likely N-dealkylation sites (tertiary alicyclic amines) is 1. The number of carbonyl (C=O) groups is 1. The van der Waals surface area contributed by atoms with Gasteiger partial charge in [-0.15, -0.1) is 0 Å². The van der Waals surface area contributed by atoms with Crippen LogP contribution in [0.15, 0.2) is 30.5 Å². The van der Waals surface area contributed by atoms with Crippen molar-refractivity contribution >= 4 is 28.6 Å². The van der Waals surface area contributed by atoms with E-state index in [9.17, 15) is 9.90 Å². The Balaban J connectivity index is 1.51. The highest BCUT2D eigenvalue weighted by Gasteiger charge is 2.29. The van der Waals surface area contributed by atoms with Crippen molar-refractivity contribution in [3.8, 4) is 5.75 Å². The number of carboxylic acids is 1. The molecule has 1 aliphatic heterocycles. The van der Waals surface area contributed by atoms with Crippen molar-refractivity contribution in [2.24, 2.45) is 11.8 Å². The van der Waals surface area contributed by atoms with Gasteiger partial charge in [-0.2, -0.15) is 11.8 Å². The van der Waals surface area contributed by atoms with Crippen molar-refractivity contribution in [3.63, 3.8) is 0 Å². The molecule has 5 nitrogen and oxygen atoms in total. The summed E-state index contributed by atoms with van der Waals surface area (Å²) in [7, 11) is 1.70. The first-order chi connectivity index (χ1) is 16.6. The molecule has 0 unspecified atom stereocenters. The molecule has 1 saturated heterocycles. The van der Waals surface area contributed by atoms with Crippen LogP contribution in [0.1, 0.15) is 63.9 Å². The first-order valence-corrected chi connectivity index (χ1v) is 14.2. The molecule has 3 rings (SSSR count). The van der Waals surface area contributed by atoms with Gasteiger partial charge in [0.25, 0.3) is 0 Å². The number of methoxy groups -OCH3 is 1. The maximum absolute atomic E-state index is 11.3. The van der Waals surface area contributed by atoms with Gasteiger partial charge in [0.05, 0.1) is 12.6 Å². The second kappa shape index (κ2) is 14.6. The Labute approximate surface area is 209 Å². The molecule has 1 fully saturated rings. The lowest BCUT2D eigenvalue weighted by Gasteiger charge is -2.39. The molecule has 0 amide bonds. The number of carboxylic acid groups (broad SMARTS) is 1. The smallest absolute Gasteiger partial charge is 0.303 e. The van der Waals surface area contributed by atoms with Gasteiger partial charge in [0.2, 0.25) is 0 Å². The molecule has 1 N–H and O–H groups in total. The minimum atomic E-state index is -0.666. The number of fused-ring (bicyclic) bond motifs is 1. The summed E-state index contributed by atoms with van der Waals surface area (Å²) >= 11 is 2.08. The van der Waals surface area contributed by atoms with E-state index >= 15 is 0 Å². The number of aryl methyl sites for hydroxylation is 1. The lowest BCUT2D eigenvalue weighted by atomic mass is 9.79. The number of rotatable bonds is 15. The lowest BCUT2D eigenvalue weighted by molar-refractivity contribution is -0.137. The minimum Gasteiger partial charge on any atom is -0.497 e. The molecule has 2 heterocycles. The fourth-order valence-electron chi connectivity index (χ4n) is 5.20. The number of unbranched alkanes of at least 4 members (excludes halogenated alkanes) is 1. The summed E-state index contributed by atoms with van der Waals surface area (Å²) in [4.78, 5) is 18.4. The molecule has 0 radical (unpaired) electrons. The van der Waals surface area contributed by atoms with Crippen molar-refractivity contribution in [1.29, 1.82) is 0 Å². The van der Waals surface area contributed by atoms with Gasteiger partial charge in [-0.3, -0.25) is 9.78 Å². The van der Waals surface area contributed by atoms with Crippen LogP contribution in [-0.4, -0.2) is 59.2 Å². The molecule has 0 spiro atoms. The molecule has 2 atom stereocenters. The average molecular weight is 487 g/mol. The summed E-state index contributed by atoms with van der Waals surface area (Å²) in [6.45, 7) is 5.62. The Hall–Kier alpha value is -1.79. The monoisotopic (exact) mass is 486 g/mol. The van der Waals surface area contributed by atoms with E-state index in [0.29, 0.717) is 11.8 Å². The van der Waals surface area contributed by atoms with E-state index < -0.39 is 5.97 Å². The third-order valence-corrected chi connectivity index (χ3v) is 8.32. The number of aromatic nitrogens is 1. The topological polar surface area (TPSA) is 62.7 Å². The van der Waals surface area contributed by atoms with Crippen molar-refractivity contribution in [2.75, 3.05) is 38.2 Å². The lowest BCUT2D eigenvalue weighted by Crippen LogP contribution is -2.41. The Morgan fingerprint density at radius 3 is 2.82 bits per heavy atom. The van der Waals surface area contributed by atoms with Crippen LogP contribution in [0.4, 0.5) is 0 Å². The molecule has 0 bridgehead atoms. The van der Waals surface area contributed by atoms with Gasteiger partial charge in [-0.25, -0.2) is 0 Å². The fraction of sp³-hybridized carbons (Fsp3) is 0.643. The fourth-order valence-corrected chi connectivity index (χ4v) is 6.23. The van der Waals surface area contributed by atoms with Crippen LogP contribution < -0.4 is 4.74 Å².